The van der Waals surface area contributed by atoms with Crippen LogP contribution in [0, 0.1) is 0 Å². The van der Waals surface area contributed by atoms with E-state index >= 15 is 0 Å². The van der Waals surface area contributed by atoms with Gasteiger partial charge in [0.15, 0.2) is 0 Å². The maximum atomic E-state index is 6.12. The van der Waals surface area contributed by atoms with Crippen LogP contribution < -0.4 is 5.73 Å². The molecule has 0 amide bonds. The van der Waals surface area contributed by atoms with E-state index in [1.807, 2.05) is 0 Å². The third-order valence-electron chi connectivity index (χ3n) is 2.95. The minimum Gasteiger partial charge on any atom is -0.386 e. The maximum Gasteiger partial charge on any atom is 0.428 e. The van der Waals surface area contributed by atoms with Crippen LogP contribution in [0.5, 0.6) is 0 Å². The van der Waals surface area contributed by atoms with Gasteiger partial charge in [-0.1, -0.05) is 13.3 Å². The molecular weight excluding hydrogens is 196 g/mol. The van der Waals surface area contributed by atoms with Crippen molar-refractivity contribution in [2.24, 2.45) is 5.73 Å². The van der Waals surface area contributed by atoms with Gasteiger partial charge in [0.1, 0.15) is 0 Å². The van der Waals surface area contributed by atoms with Crippen LogP contribution in [0.4, 0.5) is 0 Å². The molecule has 0 aromatic rings. The van der Waals surface area contributed by atoms with E-state index in [1.165, 1.54) is 0 Å². The van der Waals surface area contributed by atoms with Crippen molar-refractivity contribution in [3.63, 3.8) is 0 Å². The molecular formula is C9H22N2O2Si. The summed E-state index contributed by atoms with van der Waals surface area (Å²) in [5.41, 5.74) is 6.12. The van der Waals surface area contributed by atoms with Gasteiger partial charge in [-0.3, -0.25) is 4.57 Å². The van der Waals surface area contributed by atoms with Gasteiger partial charge in [0.05, 0.1) is 6.17 Å². The SMILES string of the molecule is CCCC(N)N1CCC[Si]1(OC)OC. The molecule has 14 heavy (non-hydrogen) atoms. The molecule has 84 valence electrons. The highest BCUT2D eigenvalue weighted by Crippen LogP contribution is 2.28. The molecule has 1 saturated heterocycles. The summed E-state index contributed by atoms with van der Waals surface area (Å²) in [6, 6.07) is 1.04. The second kappa shape index (κ2) is 5.23. The van der Waals surface area contributed by atoms with E-state index in [1.54, 1.807) is 14.2 Å². The lowest BCUT2D eigenvalue weighted by molar-refractivity contribution is 0.155. The Balaban J connectivity index is 2.66. The van der Waals surface area contributed by atoms with Gasteiger partial charge in [-0.2, -0.15) is 0 Å². The summed E-state index contributed by atoms with van der Waals surface area (Å²) in [7, 11) is 1.38. The Morgan fingerprint density at radius 3 is 2.57 bits per heavy atom. The third kappa shape index (κ3) is 2.17. The fourth-order valence-corrected chi connectivity index (χ4v) is 5.25. The van der Waals surface area contributed by atoms with E-state index in [2.05, 4.69) is 11.5 Å². The molecule has 0 aliphatic carbocycles. The van der Waals surface area contributed by atoms with Gasteiger partial charge in [-0.05, 0) is 19.4 Å². The van der Waals surface area contributed by atoms with Crippen LogP contribution in [-0.4, -0.2) is 40.2 Å². The van der Waals surface area contributed by atoms with Crippen molar-refractivity contribution in [3.8, 4) is 0 Å². The number of nitrogens with zero attached hydrogens (tertiary/aromatic N) is 1. The first-order chi connectivity index (χ1) is 6.70. The predicted molar refractivity (Wildman–Crippen MR) is 58.8 cm³/mol. The molecule has 1 atom stereocenters. The number of rotatable bonds is 5. The van der Waals surface area contributed by atoms with Crippen molar-refractivity contribution in [1.82, 2.24) is 4.57 Å². The molecule has 1 aliphatic rings. The topological polar surface area (TPSA) is 47.7 Å². The molecule has 0 bridgehead atoms. The maximum absolute atomic E-state index is 6.12. The highest BCUT2D eigenvalue weighted by Gasteiger charge is 2.49. The highest BCUT2D eigenvalue weighted by atomic mass is 28.4. The Kier molecular flexibility index (Phi) is 4.53. The first-order valence-corrected chi connectivity index (χ1v) is 7.30. The van der Waals surface area contributed by atoms with E-state index in [4.69, 9.17) is 14.6 Å². The second-order valence-electron chi connectivity index (χ2n) is 3.77. The van der Waals surface area contributed by atoms with E-state index in [0.717, 1.165) is 31.9 Å². The minimum atomic E-state index is -2.10. The molecule has 0 saturated carbocycles. The first-order valence-electron chi connectivity index (χ1n) is 5.33. The normalized spacial score (nSPS) is 24.0. The van der Waals surface area contributed by atoms with Gasteiger partial charge in [0, 0.05) is 20.3 Å². The van der Waals surface area contributed by atoms with Crippen LogP contribution in [0.1, 0.15) is 26.2 Å². The van der Waals surface area contributed by atoms with Crippen molar-refractivity contribution in [2.75, 3.05) is 20.8 Å². The summed E-state index contributed by atoms with van der Waals surface area (Å²) in [6.07, 6.45) is 3.37. The molecule has 5 heteroatoms. The molecule has 0 radical (unpaired) electrons. The molecule has 1 fully saturated rings. The Hall–Kier alpha value is 0.0569. The fraction of sp³-hybridized carbons (Fsp3) is 1.00. The summed E-state index contributed by atoms with van der Waals surface area (Å²) in [5.74, 6) is 0. The second-order valence-corrected chi connectivity index (χ2v) is 7.09. The predicted octanol–water partition coefficient (Wildman–Crippen LogP) is 1.01. The standard InChI is InChI=1S/C9H22N2O2Si/c1-4-6-9(10)11-7-5-8-14(11,12-2)13-3/h9H,4-8,10H2,1-3H3. The van der Waals surface area contributed by atoms with Gasteiger partial charge in [0.2, 0.25) is 0 Å². The first kappa shape index (κ1) is 12.1. The number of nitrogens with two attached hydrogens (primary N) is 1. The third-order valence-corrected chi connectivity index (χ3v) is 6.64. The lowest BCUT2D eigenvalue weighted by atomic mass is 10.3. The van der Waals surface area contributed by atoms with E-state index in [-0.39, 0.29) is 6.17 Å². The van der Waals surface area contributed by atoms with Gasteiger partial charge in [0.25, 0.3) is 0 Å². The van der Waals surface area contributed by atoms with Gasteiger partial charge in [-0.25, -0.2) is 0 Å². The van der Waals surface area contributed by atoms with Crippen molar-refractivity contribution in [3.05, 3.63) is 0 Å². The van der Waals surface area contributed by atoms with Gasteiger partial charge >= 0.3 is 8.72 Å². The Morgan fingerprint density at radius 2 is 2.07 bits per heavy atom. The molecule has 2 N–H and O–H groups in total. The monoisotopic (exact) mass is 218 g/mol. The lowest BCUT2D eigenvalue weighted by Crippen LogP contribution is -2.59. The summed E-state index contributed by atoms with van der Waals surface area (Å²) in [5, 5.41) is 0. The summed E-state index contributed by atoms with van der Waals surface area (Å²) < 4.78 is 13.4. The summed E-state index contributed by atoms with van der Waals surface area (Å²) in [4.78, 5) is 0. The van der Waals surface area contributed by atoms with E-state index in [0.29, 0.717) is 0 Å². The average molecular weight is 218 g/mol. The zero-order chi connectivity index (χ0) is 10.6. The lowest BCUT2D eigenvalue weighted by Gasteiger charge is -2.36. The van der Waals surface area contributed by atoms with Gasteiger partial charge in [-0.15, -0.1) is 0 Å². The van der Waals surface area contributed by atoms with Crippen LogP contribution in [0.25, 0.3) is 0 Å². The molecule has 1 rings (SSSR count). The summed E-state index contributed by atoms with van der Waals surface area (Å²) >= 11 is 0. The van der Waals surface area contributed by atoms with Crippen molar-refractivity contribution in [2.45, 2.75) is 38.4 Å². The fourth-order valence-electron chi connectivity index (χ4n) is 2.18. The molecule has 1 unspecified atom stereocenters. The van der Waals surface area contributed by atoms with Crippen molar-refractivity contribution < 1.29 is 8.85 Å². The molecule has 0 aromatic heterocycles. The smallest absolute Gasteiger partial charge is 0.386 e. The zero-order valence-corrected chi connectivity index (χ0v) is 10.5. The summed E-state index contributed by atoms with van der Waals surface area (Å²) in [6.45, 7) is 3.17. The van der Waals surface area contributed by atoms with Crippen LogP contribution in [-0.2, 0) is 8.85 Å². The molecule has 0 spiro atoms. The van der Waals surface area contributed by atoms with Crippen LogP contribution in [0.3, 0.4) is 0 Å². The molecule has 1 heterocycles. The largest absolute Gasteiger partial charge is 0.428 e. The average Bonchev–Trinajstić information content (AvgIpc) is 2.62. The van der Waals surface area contributed by atoms with E-state index in [9.17, 15) is 0 Å². The molecule has 4 nitrogen and oxygen atoms in total. The van der Waals surface area contributed by atoms with Gasteiger partial charge < -0.3 is 14.6 Å². The van der Waals surface area contributed by atoms with Crippen LogP contribution >= 0.6 is 0 Å². The van der Waals surface area contributed by atoms with Crippen LogP contribution in [0.2, 0.25) is 6.04 Å². The van der Waals surface area contributed by atoms with Crippen molar-refractivity contribution >= 4 is 8.72 Å². The van der Waals surface area contributed by atoms with Crippen LogP contribution in [0.15, 0.2) is 0 Å². The molecule has 0 aromatic carbocycles. The Morgan fingerprint density at radius 1 is 1.43 bits per heavy atom. The van der Waals surface area contributed by atoms with Crippen molar-refractivity contribution in [1.29, 1.82) is 0 Å². The quantitative estimate of drug-likeness (QED) is 0.700. The highest BCUT2D eigenvalue weighted by molar-refractivity contribution is 6.65. The van der Waals surface area contributed by atoms with E-state index < -0.39 is 8.72 Å². The minimum absolute atomic E-state index is 0.106. The number of hydrogen-bond donors (Lipinski definition) is 1. The zero-order valence-electron chi connectivity index (χ0n) is 9.45. The molecule has 1 aliphatic heterocycles. The number of hydrogen-bond acceptors (Lipinski definition) is 4. The Labute approximate surface area is 87.7 Å². The Bertz CT molecular complexity index is 176.